The zero-order valence-electron chi connectivity index (χ0n) is 15.0. The molecule has 0 fully saturated rings. The van der Waals surface area contributed by atoms with Crippen LogP contribution in [0.5, 0.6) is 0 Å². The fourth-order valence-electron chi connectivity index (χ4n) is 2.03. The molecule has 0 unspecified atom stereocenters. The number of hydrogen-bond acceptors (Lipinski definition) is 6. The Morgan fingerprint density at radius 2 is 1.72 bits per heavy atom. The number of sulfonamides is 1. The first-order valence-electron chi connectivity index (χ1n) is 7.62. The molecule has 1 rings (SSSR count). The highest BCUT2D eigenvalue weighted by molar-refractivity contribution is 7.89. The molecule has 1 N–H and O–H groups in total. The van der Waals surface area contributed by atoms with E-state index in [-0.39, 0.29) is 23.0 Å². The highest BCUT2D eigenvalue weighted by Crippen LogP contribution is 2.13. The number of methoxy groups -OCH3 is 1. The molecule has 0 bridgehead atoms. The number of nitrogens with zero attached hydrogens (tertiary/aromatic N) is 1. The molecule has 0 spiro atoms. The van der Waals surface area contributed by atoms with Crippen LogP contribution < -0.4 is 4.72 Å². The molecule has 1 aromatic rings. The van der Waals surface area contributed by atoms with Crippen LogP contribution in [0.15, 0.2) is 29.2 Å². The molecule has 25 heavy (non-hydrogen) atoms. The minimum atomic E-state index is -3.71. The Bertz CT molecular complexity index is 700. The number of likely N-dealkylation sites (N-methyl/N-ethyl adjacent to an activating group) is 1. The van der Waals surface area contributed by atoms with Crippen LogP contribution in [0.25, 0.3) is 0 Å². The molecule has 140 valence electrons. The molecular weight excluding hydrogens is 348 g/mol. The van der Waals surface area contributed by atoms with Crippen molar-refractivity contribution in [1.29, 1.82) is 0 Å². The van der Waals surface area contributed by atoms with E-state index >= 15 is 0 Å². The predicted octanol–water partition coefficient (Wildman–Crippen LogP) is 0.633. The Kier molecular flexibility index (Phi) is 7.53. The number of rotatable bonds is 8. The molecular formula is C16H24N2O6S. The molecule has 1 amide bonds. The second-order valence-corrected chi connectivity index (χ2v) is 7.50. The van der Waals surface area contributed by atoms with E-state index < -0.39 is 28.1 Å². The molecule has 0 aromatic heterocycles. The Labute approximate surface area is 148 Å². The van der Waals surface area contributed by atoms with Crippen LogP contribution in [0, 0.1) is 0 Å². The van der Waals surface area contributed by atoms with E-state index in [1.54, 1.807) is 21.0 Å². The van der Waals surface area contributed by atoms with Crippen molar-refractivity contribution in [2.24, 2.45) is 0 Å². The lowest BCUT2D eigenvalue weighted by molar-refractivity contribution is -0.137. The summed E-state index contributed by atoms with van der Waals surface area (Å²) in [6.07, 6.45) is -0.928. The lowest BCUT2D eigenvalue weighted by Gasteiger charge is -2.17. The SMILES string of the molecule is COC[C@H](C)NS(=O)(=O)c1ccc(C(=O)O[C@@H](C)C(=O)N(C)C)cc1. The van der Waals surface area contributed by atoms with Gasteiger partial charge in [0.1, 0.15) is 0 Å². The van der Waals surface area contributed by atoms with Gasteiger partial charge in [0.05, 0.1) is 17.1 Å². The van der Waals surface area contributed by atoms with Crippen molar-refractivity contribution in [3.63, 3.8) is 0 Å². The molecule has 0 saturated heterocycles. The van der Waals surface area contributed by atoms with Crippen LogP contribution in [0.3, 0.4) is 0 Å². The molecule has 1 aromatic carbocycles. The third-order valence-electron chi connectivity index (χ3n) is 3.25. The summed E-state index contributed by atoms with van der Waals surface area (Å²) in [6.45, 7) is 3.39. The summed E-state index contributed by atoms with van der Waals surface area (Å²) in [4.78, 5) is 25.1. The van der Waals surface area contributed by atoms with Crippen LogP contribution in [-0.4, -0.2) is 65.2 Å². The molecule has 0 aliphatic rings. The summed E-state index contributed by atoms with van der Waals surface area (Å²) >= 11 is 0. The van der Waals surface area contributed by atoms with Gasteiger partial charge in [-0.1, -0.05) is 0 Å². The van der Waals surface area contributed by atoms with Gasteiger partial charge in [0.2, 0.25) is 10.0 Å². The summed E-state index contributed by atoms with van der Waals surface area (Å²) in [5, 5.41) is 0. The molecule has 9 heteroatoms. The number of ether oxygens (including phenoxy) is 2. The topological polar surface area (TPSA) is 102 Å². The molecule has 0 saturated carbocycles. The van der Waals surface area contributed by atoms with Crippen LogP contribution in [-0.2, 0) is 24.3 Å². The molecule has 0 heterocycles. The van der Waals surface area contributed by atoms with Crippen LogP contribution in [0.4, 0.5) is 0 Å². The van der Waals surface area contributed by atoms with Gasteiger partial charge in [-0.25, -0.2) is 17.9 Å². The average molecular weight is 372 g/mol. The van der Waals surface area contributed by atoms with Crippen LogP contribution >= 0.6 is 0 Å². The van der Waals surface area contributed by atoms with E-state index in [4.69, 9.17) is 9.47 Å². The monoisotopic (exact) mass is 372 g/mol. The molecule has 0 radical (unpaired) electrons. The van der Waals surface area contributed by atoms with Gasteiger partial charge in [-0.15, -0.1) is 0 Å². The summed E-state index contributed by atoms with van der Waals surface area (Å²) in [5.41, 5.74) is 0.155. The number of nitrogens with one attached hydrogen (secondary N) is 1. The average Bonchev–Trinajstić information content (AvgIpc) is 2.53. The van der Waals surface area contributed by atoms with Gasteiger partial charge >= 0.3 is 5.97 Å². The van der Waals surface area contributed by atoms with E-state index in [0.717, 1.165) is 0 Å². The van der Waals surface area contributed by atoms with Gasteiger partial charge in [0.15, 0.2) is 6.10 Å². The van der Waals surface area contributed by atoms with Crippen LogP contribution in [0.2, 0.25) is 0 Å². The van der Waals surface area contributed by atoms with E-state index in [9.17, 15) is 18.0 Å². The number of carbonyl (C=O) groups is 2. The molecule has 8 nitrogen and oxygen atoms in total. The van der Waals surface area contributed by atoms with E-state index in [1.165, 1.54) is 43.2 Å². The van der Waals surface area contributed by atoms with Crippen molar-refractivity contribution in [3.05, 3.63) is 29.8 Å². The minimum Gasteiger partial charge on any atom is -0.449 e. The maximum atomic E-state index is 12.2. The van der Waals surface area contributed by atoms with E-state index in [1.807, 2.05) is 0 Å². The van der Waals surface area contributed by atoms with E-state index in [2.05, 4.69) is 4.72 Å². The van der Waals surface area contributed by atoms with Gasteiger partial charge in [-0.05, 0) is 38.1 Å². The first-order chi connectivity index (χ1) is 11.6. The van der Waals surface area contributed by atoms with Gasteiger partial charge < -0.3 is 14.4 Å². The molecule has 0 aliphatic heterocycles. The fraction of sp³-hybridized carbons (Fsp3) is 0.500. The fourth-order valence-corrected chi connectivity index (χ4v) is 3.26. The Morgan fingerprint density at radius 1 is 1.16 bits per heavy atom. The van der Waals surface area contributed by atoms with Crippen molar-refractivity contribution in [2.75, 3.05) is 27.8 Å². The number of amides is 1. The third-order valence-corrected chi connectivity index (χ3v) is 4.85. The summed E-state index contributed by atoms with van der Waals surface area (Å²) in [7, 11) is 0.883. The number of hydrogen-bond donors (Lipinski definition) is 1. The maximum absolute atomic E-state index is 12.2. The summed E-state index contributed by atoms with van der Waals surface area (Å²) in [5.74, 6) is -1.05. The Balaban J connectivity index is 2.82. The van der Waals surface area contributed by atoms with E-state index in [0.29, 0.717) is 0 Å². The normalized spacial score (nSPS) is 13.8. The predicted molar refractivity (Wildman–Crippen MR) is 91.7 cm³/mol. The van der Waals surface area contributed by atoms with Crippen molar-refractivity contribution in [2.45, 2.75) is 30.9 Å². The van der Waals surface area contributed by atoms with Gasteiger partial charge in [0, 0.05) is 27.2 Å². The lowest BCUT2D eigenvalue weighted by Crippen LogP contribution is -2.35. The van der Waals surface area contributed by atoms with Crippen LogP contribution in [0.1, 0.15) is 24.2 Å². The number of carbonyl (C=O) groups excluding carboxylic acids is 2. The summed E-state index contributed by atoms with van der Waals surface area (Å²) in [6, 6.07) is 4.89. The summed E-state index contributed by atoms with van der Waals surface area (Å²) < 4.78 is 36.8. The van der Waals surface area contributed by atoms with Gasteiger partial charge in [-0.2, -0.15) is 0 Å². The van der Waals surface area contributed by atoms with Crippen molar-refractivity contribution < 1.29 is 27.5 Å². The first-order valence-corrected chi connectivity index (χ1v) is 9.10. The number of benzene rings is 1. The Hall–Kier alpha value is -1.97. The lowest BCUT2D eigenvalue weighted by atomic mass is 10.2. The van der Waals surface area contributed by atoms with Crippen molar-refractivity contribution in [3.8, 4) is 0 Å². The van der Waals surface area contributed by atoms with Crippen molar-refractivity contribution >= 4 is 21.9 Å². The van der Waals surface area contributed by atoms with Gasteiger partial charge in [-0.3, -0.25) is 4.79 Å². The smallest absolute Gasteiger partial charge is 0.338 e. The second kappa shape index (κ2) is 8.93. The van der Waals surface area contributed by atoms with Gasteiger partial charge in [0.25, 0.3) is 5.91 Å². The largest absolute Gasteiger partial charge is 0.449 e. The first kappa shape index (κ1) is 21.1. The third kappa shape index (κ3) is 6.11. The highest BCUT2D eigenvalue weighted by atomic mass is 32.2. The van der Waals surface area contributed by atoms with Crippen molar-refractivity contribution in [1.82, 2.24) is 9.62 Å². The quantitative estimate of drug-likeness (QED) is 0.672. The molecule has 0 aliphatic carbocycles. The Morgan fingerprint density at radius 3 is 2.20 bits per heavy atom. The standard InChI is InChI=1S/C16H24N2O6S/c1-11(10-23-5)17-25(21,22)14-8-6-13(7-9-14)16(20)24-12(2)15(19)18(3)4/h6-9,11-12,17H,10H2,1-5H3/t11-,12-/m0/s1. The minimum absolute atomic E-state index is 0.0180. The highest BCUT2D eigenvalue weighted by Gasteiger charge is 2.21. The number of esters is 1. The molecule has 2 atom stereocenters. The maximum Gasteiger partial charge on any atom is 0.338 e. The zero-order valence-corrected chi connectivity index (χ0v) is 15.8. The second-order valence-electron chi connectivity index (χ2n) is 5.78. The zero-order chi connectivity index (χ0) is 19.2.